The summed E-state index contributed by atoms with van der Waals surface area (Å²) in [5.74, 6) is -1.04. The molecule has 0 unspecified atom stereocenters. The van der Waals surface area contributed by atoms with Crippen LogP contribution in [0.3, 0.4) is 0 Å². The third-order valence-electron chi connectivity index (χ3n) is 1.93. The Balaban J connectivity index is 2.68. The van der Waals surface area contributed by atoms with Crippen LogP contribution >= 0.6 is 12.2 Å². The fourth-order valence-electron chi connectivity index (χ4n) is 1.26. The highest BCUT2D eigenvalue weighted by Crippen LogP contribution is 2.19. The number of carbonyl (C=O) groups is 1. The summed E-state index contributed by atoms with van der Waals surface area (Å²) in [6, 6.07) is 1.76. The molecule has 0 aliphatic carbocycles. The molecule has 0 radical (unpaired) electrons. The van der Waals surface area contributed by atoms with Gasteiger partial charge >= 0.3 is 5.97 Å². The van der Waals surface area contributed by atoms with Gasteiger partial charge in [0.05, 0.1) is 5.69 Å². The van der Waals surface area contributed by atoms with E-state index < -0.39 is 5.97 Å². The fraction of sp³-hybridized carbons (Fsp3) is 0. The van der Waals surface area contributed by atoms with Gasteiger partial charge < -0.3 is 15.1 Å². The second-order valence-corrected chi connectivity index (χ2v) is 3.27. The molecule has 5 nitrogen and oxygen atoms in total. The molecule has 0 aliphatic heterocycles. The molecule has 6 heteroatoms. The maximum atomic E-state index is 10.9. The Labute approximate surface area is 89.8 Å². The summed E-state index contributed by atoms with van der Waals surface area (Å²) in [5.41, 5.74) is 1.30. The van der Waals surface area contributed by atoms with E-state index in [2.05, 4.69) is 15.0 Å². The molecular formula is C9H7N3O2S. The van der Waals surface area contributed by atoms with Crippen molar-refractivity contribution in [3.05, 3.63) is 35.0 Å². The smallest absolute Gasteiger partial charge is 0.339 e. The molecule has 0 fully saturated rings. The van der Waals surface area contributed by atoms with Crippen molar-refractivity contribution in [1.82, 2.24) is 15.0 Å². The molecule has 2 rings (SSSR count). The van der Waals surface area contributed by atoms with Gasteiger partial charge in [0.25, 0.3) is 0 Å². The van der Waals surface area contributed by atoms with Crippen molar-refractivity contribution in [2.24, 2.45) is 0 Å². The Kier molecular flexibility index (Phi) is 2.34. The molecular weight excluding hydrogens is 214 g/mol. The molecule has 2 heterocycles. The van der Waals surface area contributed by atoms with Crippen molar-refractivity contribution in [2.45, 2.75) is 0 Å². The van der Waals surface area contributed by atoms with Gasteiger partial charge in [0, 0.05) is 24.2 Å². The van der Waals surface area contributed by atoms with E-state index in [1.165, 1.54) is 6.20 Å². The van der Waals surface area contributed by atoms with E-state index in [1.54, 1.807) is 18.5 Å². The van der Waals surface area contributed by atoms with E-state index >= 15 is 0 Å². The molecule has 3 N–H and O–H groups in total. The Bertz CT molecular complexity index is 545. The van der Waals surface area contributed by atoms with Gasteiger partial charge in [-0.1, -0.05) is 0 Å². The molecule has 2 aromatic rings. The monoisotopic (exact) mass is 221 g/mol. The Hall–Kier alpha value is -1.95. The maximum Gasteiger partial charge on any atom is 0.339 e. The van der Waals surface area contributed by atoms with Gasteiger partial charge in [-0.3, -0.25) is 0 Å². The number of hydrogen-bond acceptors (Lipinski definition) is 3. The number of carboxylic acids is 1. The number of rotatable bonds is 2. The summed E-state index contributed by atoms with van der Waals surface area (Å²) in [5, 5.41) is 8.95. The lowest BCUT2D eigenvalue weighted by molar-refractivity contribution is 0.0697. The molecule has 0 saturated heterocycles. The van der Waals surface area contributed by atoms with Gasteiger partial charge in [-0.05, 0) is 18.3 Å². The molecule has 0 saturated carbocycles. The first-order chi connectivity index (χ1) is 7.18. The highest BCUT2D eigenvalue weighted by atomic mass is 32.1. The molecule has 0 atom stereocenters. The van der Waals surface area contributed by atoms with E-state index in [1.807, 2.05) is 0 Å². The number of aromatic amines is 2. The van der Waals surface area contributed by atoms with Crippen LogP contribution in [0, 0.1) is 4.77 Å². The number of nitrogens with one attached hydrogen (secondary N) is 2. The van der Waals surface area contributed by atoms with Crippen LogP contribution in [0.15, 0.2) is 24.7 Å². The van der Waals surface area contributed by atoms with Gasteiger partial charge in [-0.15, -0.1) is 0 Å². The van der Waals surface area contributed by atoms with Crippen LogP contribution in [0.1, 0.15) is 10.4 Å². The van der Waals surface area contributed by atoms with Crippen LogP contribution in [0.2, 0.25) is 0 Å². The van der Waals surface area contributed by atoms with Crippen LogP contribution in [0.25, 0.3) is 11.3 Å². The minimum absolute atomic E-state index is 0.100. The van der Waals surface area contributed by atoms with Gasteiger partial charge in [0.1, 0.15) is 5.56 Å². The average molecular weight is 221 g/mol. The largest absolute Gasteiger partial charge is 0.478 e. The Morgan fingerprint density at radius 2 is 2.33 bits per heavy atom. The lowest BCUT2D eigenvalue weighted by Gasteiger charge is -2.02. The minimum atomic E-state index is -1.04. The molecule has 0 amide bonds. The molecule has 0 aliphatic rings. The van der Waals surface area contributed by atoms with Gasteiger partial charge in [0.2, 0.25) is 0 Å². The first-order valence-electron chi connectivity index (χ1n) is 4.14. The summed E-state index contributed by atoms with van der Waals surface area (Å²) < 4.78 is 0.260. The zero-order valence-corrected chi connectivity index (χ0v) is 8.34. The number of nitrogens with zero attached hydrogens (tertiary/aromatic N) is 1. The zero-order valence-electron chi connectivity index (χ0n) is 7.52. The predicted octanol–water partition coefficient (Wildman–Crippen LogP) is 1.83. The summed E-state index contributed by atoms with van der Waals surface area (Å²) in [6.07, 6.45) is 4.65. The van der Waals surface area contributed by atoms with Crippen molar-refractivity contribution in [2.75, 3.05) is 0 Å². The van der Waals surface area contributed by atoms with Crippen molar-refractivity contribution in [1.29, 1.82) is 0 Å². The summed E-state index contributed by atoms with van der Waals surface area (Å²) in [6.45, 7) is 0. The van der Waals surface area contributed by atoms with Crippen molar-refractivity contribution in [3.8, 4) is 11.3 Å². The normalized spacial score (nSPS) is 10.1. The highest BCUT2D eigenvalue weighted by Gasteiger charge is 2.12. The number of H-pyrrole nitrogens is 2. The molecule has 0 spiro atoms. The van der Waals surface area contributed by atoms with E-state index in [-0.39, 0.29) is 10.3 Å². The standard InChI is InChI=1S/C9H7N3O2S/c13-8(14)6-4-11-9(15)12-7(6)5-1-2-10-3-5/h1-4,10H,(H,13,14)(H,11,12,15). The quantitative estimate of drug-likeness (QED) is 0.676. The molecule has 15 heavy (non-hydrogen) atoms. The van der Waals surface area contributed by atoms with Crippen LogP contribution in [-0.4, -0.2) is 26.0 Å². The van der Waals surface area contributed by atoms with Crippen LogP contribution in [0.5, 0.6) is 0 Å². The zero-order chi connectivity index (χ0) is 10.8. The number of aromatic carboxylic acids is 1. The maximum absolute atomic E-state index is 10.9. The second-order valence-electron chi connectivity index (χ2n) is 2.88. The van der Waals surface area contributed by atoms with Crippen molar-refractivity contribution < 1.29 is 9.90 Å². The number of carboxylic acid groups (broad SMARTS) is 1. The molecule has 2 aromatic heterocycles. The molecule has 0 aromatic carbocycles. The third kappa shape index (κ3) is 1.79. The van der Waals surface area contributed by atoms with E-state index in [0.29, 0.717) is 5.69 Å². The molecule has 76 valence electrons. The van der Waals surface area contributed by atoms with Crippen LogP contribution in [0.4, 0.5) is 0 Å². The summed E-state index contributed by atoms with van der Waals surface area (Å²) in [7, 11) is 0. The summed E-state index contributed by atoms with van der Waals surface area (Å²) >= 11 is 4.85. The Morgan fingerprint density at radius 1 is 1.53 bits per heavy atom. The third-order valence-corrected chi connectivity index (χ3v) is 2.14. The van der Waals surface area contributed by atoms with E-state index in [4.69, 9.17) is 17.3 Å². The van der Waals surface area contributed by atoms with Gasteiger partial charge in [-0.25, -0.2) is 9.78 Å². The van der Waals surface area contributed by atoms with Gasteiger partial charge in [-0.2, -0.15) is 0 Å². The van der Waals surface area contributed by atoms with Crippen LogP contribution in [-0.2, 0) is 0 Å². The SMILES string of the molecule is O=C(O)c1cnc(=S)[nH]c1-c1cc[nH]c1. The van der Waals surface area contributed by atoms with Crippen molar-refractivity contribution in [3.63, 3.8) is 0 Å². The Morgan fingerprint density at radius 3 is 2.93 bits per heavy atom. The fourth-order valence-corrected chi connectivity index (χ4v) is 1.42. The van der Waals surface area contributed by atoms with Crippen molar-refractivity contribution >= 4 is 18.2 Å². The first-order valence-corrected chi connectivity index (χ1v) is 4.55. The minimum Gasteiger partial charge on any atom is -0.478 e. The second kappa shape index (κ2) is 3.66. The lowest BCUT2D eigenvalue weighted by Crippen LogP contribution is -2.02. The predicted molar refractivity (Wildman–Crippen MR) is 56.2 cm³/mol. The number of aromatic nitrogens is 3. The van der Waals surface area contributed by atoms with E-state index in [0.717, 1.165) is 5.56 Å². The van der Waals surface area contributed by atoms with Crippen LogP contribution < -0.4 is 0 Å². The topological polar surface area (TPSA) is 81.8 Å². The number of hydrogen-bond donors (Lipinski definition) is 3. The van der Waals surface area contributed by atoms with E-state index in [9.17, 15) is 4.79 Å². The van der Waals surface area contributed by atoms with Gasteiger partial charge in [0.15, 0.2) is 4.77 Å². The first kappa shape index (κ1) is 9.60. The molecule has 0 bridgehead atoms. The summed E-state index contributed by atoms with van der Waals surface area (Å²) in [4.78, 5) is 20.3. The average Bonchev–Trinajstić information content (AvgIpc) is 2.69. The lowest BCUT2D eigenvalue weighted by atomic mass is 10.1. The highest BCUT2D eigenvalue weighted by molar-refractivity contribution is 7.71.